The van der Waals surface area contributed by atoms with Crippen LogP contribution in [-0.2, 0) is 4.79 Å². The summed E-state index contributed by atoms with van der Waals surface area (Å²) in [4.78, 5) is 10.9. The van der Waals surface area contributed by atoms with Crippen molar-refractivity contribution in [3.63, 3.8) is 0 Å². The van der Waals surface area contributed by atoms with Crippen molar-refractivity contribution < 1.29 is 9.90 Å². The van der Waals surface area contributed by atoms with E-state index in [1.807, 2.05) is 13.0 Å². The van der Waals surface area contributed by atoms with Crippen LogP contribution in [0.15, 0.2) is 23.8 Å². The van der Waals surface area contributed by atoms with E-state index in [9.17, 15) is 4.79 Å². The van der Waals surface area contributed by atoms with Crippen LogP contribution in [0.2, 0.25) is 0 Å². The average molecular weight is 152 g/mol. The van der Waals surface area contributed by atoms with Gasteiger partial charge in [0, 0.05) is 18.9 Å². The summed E-state index contributed by atoms with van der Waals surface area (Å²) in [6.45, 7) is 2.03. The van der Waals surface area contributed by atoms with Gasteiger partial charge in [0.15, 0.2) is 5.78 Å². The Morgan fingerprint density at radius 2 is 2.45 bits per heavy atom. The number of hydrogen-bond acceptors (Lipinski definition) is 2. The maximum Gasteiger partial charge on any atom is 0.159 e. The van der Waals surface area contributed by atoms with Crippen molar-refractivity contribution in [3.8, 4) is 0 Å². The Hall–Kier alpha value is -0.890. The minimum Gasteiger partial charge on any atom is -0.396 e. The molecule has 0 amide bonds. The smallest absolute Gasteiger partial charge is 0.159 e. The van der Waals surface area contributed by atoms with Gasteiger partial charge in [-0.1, -0.05) is 24.6 Å². The van der Waals surface area contributed by atoms with Crippen molar-refractivity contribution in [1.29, 1.82) is 0 Å². The number of hydrogen-bond donors (Lipinski definition) is 1. The van der Waals surface area contributed by atoms with Crippen LogP contribution >= 0.6 is 0 Å². The van der Waals surface area contributed by atoms with E-state index in [2.05, 4.69) is 0 Å². The molecule has 0 aliphatic heterocycles. The van der Waals surface area contributed by atoms with Gasteiger partial charge in [-0.05, 0) is 6.08 Å². The molecule has 1 N–H and O–H groups in total. The third-order valence-electron chi connectivity index (χ3n) is 1.88. The van der Waals surface area contributed by atoms with Crippen molar-refractivity contribution in [1.82, 2.24) is 0 Å². The van der Waals surface area contributed by atoms with Crippen molar-refractivity contribution in [2.24, 2.45) is 5.92 Å². The lowest BCUT2D eigenvalue weighted by molar-refractivity contribution is -0.114. The van der Waals surface area contributed by atoms with E-state index in [4.69, 9.17) is 5.11 Å². The zero-order valence-electron chi connectivity index (χ0n) is 6.58. The van der Waals surface area contributed by atoms with Crippen molar-refractivity contribution >= 4 is 5.78 Å². The van der Waals surface area contributed by atoms with E-state index in [1.165, 1.54) is 0 Å². The lowest BCUT2D eigenvalue weighted by Crippen LogP contribution is -2.10. The molecule has 0 aromatic carbocycles. The van der Waals surface area contributed by atoms with Gasteiger partial charge in [-0.25, -0.2) is 0 Å². The molecular formula is C9H12O2. The van der Waals surface area contributed by atoms with Crippen LogP contribution in [0, 0.1) is 5.92 Å². The fourth-order valence-electron chi connectivity index (χ4n) is 1.05. The van der Waals surface area contributed by atoms with E-state index in [0.29, 0.717) is 6.42 Å². The molecule has 0 aromatic rings. The van der Waals surface area contributed by atoms with Gasteiger partial charge < -0.3 is 5.11 Å². The molecule has 0 radical (unpaired) electrons. The van der Waals surface area contributed by atoms with Crippen molar-refractivity contribution in [3.05, 3.63) is 23.8 Å². The molecule has 0 saturated carbocycles. The zero-order chi connectivity index (χ0) is 8.27. The maximum absolute atomic E-state index is 10.9. The minimum absolute atomic E-state index is 0.115. The molecule has 1 aliphatic rings. The Morgan fingerprint density at radius 1 is 1.73 bits per heavy atom. The third kappa shape index (κ3) is 2.02. The topological polar surface area (TPSA) is 37.3 Å². The first kappa shape index (κ1) is 8.21. The van der Waals surface area contributed by atoms with E-state index in [0.717, 1.165) is 5.57 Å². The van der Waals surface area contributed by atoms with Crippen LogP contribution in [0.4, 0.5) is 0 Å². The highest BCUT2D eigenvalue weighted by molar-refractivity contribution is 5.93. The van der Waals surface area contributed by atoms with E-state index in [-0.39, 0.29) is 18.3 Å². The highest BCUT2D eigenvalue weighted by Crippen LogP contribution is 2.17. The first-order chi connectivity index (χ1) is 5.24. The van der Waals surface area contributed by atoms with Crippen LogP contribution in [0.1, 0.15) is 13.3 Å². The number of rotatable bonds is 2. The summed E-state index contributed by atoms with van der Waals surface area (Å²) in [5.74, 6) is 0.242. The number of aliphatic hydroxyl groups is 1. The largest absolute Gasteiger partial charge is 0.396 e. The average Bonchev–Trinajstić information content (AvgIpc) is 2.03. The van der Waals surface area contributed by atoms with Gasteiger partial charge in [-0.3, -0.25) is 4.79 Å². The highest BCUT2D eigenvalue weighted by Gasteiger charge is 2.12. The molecule has 0 fully saturated rings. The summed E-state index contributed by atoms with van der Waals surface area (Å²) < 4.78 is 0. The molecule has 0 spiro atoms. The number of ketones is 1. The quantitative estimate of drug-likeness (QED) is 0.642. The highest BCUT2D eigenvalue weighted by atomic mass is 16.3. The third-order valence-corrected chi connectivity index (χ3v) is 1.88. The fourth-order valence-corrected chi connectivity index (χ4v) is 1.05. The van der Waals surface area contributed by atoms with Crippen molar-refractivity contribution in [2.75, 3.05) is 6.61 Å². The molecule has 60 valence electrons. The van der Waals surface area contributed by atoms with E-state index < -0.39 is 0 Å². The molecule has 0 bridgehead atoms. The second kappa shape index (κ2) is 3.49. The predicted octanol–water partition coefficient (Wildman–Crippen LogP) is 1.07. The first-order valence-corrected chi connectivity index (χ1v) is 3.75. The summed E-state index contributed by atoms with van der Waals surface area (Å²) in [6, 6.07) is 0. The Kier molecular flexibility index (Phi) is 2.60. The maximum atomic E-state index is 10.9. The number of aliphatic hydroxyl groups excluding tert-OH is 1. The van der Waals surface area contributed by atoms with Gasteiger partial charge in [-0.15, -0.1) is 0 Å². The van der Waals surface area contributed by atoms with Gasteiger partial charge in [0.25, 0.3) is 0 Å². The van der Waals surface area contributed by atoms with Crippen LogP contribution in [0.3, 0.4) is 0 Å². The molecule has 1 unspecified atom stereocenters. The van der Waals surface area contributed by atoms with Gasteiger partial charge >= 0.3 is 0 Å². The summed E-state index contributed by atoms with van der Waals surface area (Å²) in [7, 11) is 0. The SMILES string of the molecule is CC(CO)C1=CC=CC(=O)C1. The number of allylic oxidation sites excluding steroid dienone is 3. The first-order valence-electron chi connectivity index (χ1n) is 3.75. The fraction of sp³-hybridized carbons (Fsp3) is 0.444. The van der Waals surface area contributed by atoms with Gasteiger partial charge in [0.1, 0.15) is 0 Å². The molecule has 0 heterocycles. The van der Waals surface area contributed by atoms with Gasteiger partial charge in [0.05, 0.1) is 0 Å². The van der Waals surface area contributed by atoms with Crippen LogP contribution < -0.4 is 0 Å². The standard InChI is InChI=1S/C9H12O2/c1-7(6-10)8-3-2-4-9(11)5-8/h2-4,7,10H,5-6H2,1H3. The molecule has 0 saturated heterocycles. The molecular weight excluding hydrogens is 140 g/mol. The van der Waals surface area contributed by atoms with Crippen molar-refractivity contribution in [2.45, 2.75) is 13.3 Å². The summed E-state index contributed by atoms with van der Waals surface area (Å²) in [6.07, 6.45) is 5.68. The number of carbonyl (C=O) groups excluding carboxylic acids is 1. The molecule has 11 heavy (non-hydrogen) atoms. The lowest BCUT2D eigenvalue weighted by Gasteiger charge is -2.13. The van der Waals surface area contributed by atoms with E-state index >= 15 is 0 Å². The molecule has 1 atom stereocenters. The Balaban J connectivity index is 2.66. The minimum atomic E-state index is 0.115. The Bertz CT molecular complexity index is 214. The summed E-state index contributed by atoms with van der Waals surface area (Å²) in [5.41, 5.74) is 1.03. The van der Waals surface area contributed by atoms with E-state index in [1.54, 1.807) is 12.2 Å². The lowest BCUT2D eigenvalue weighted by atomic mass is 9.93. The molecule has 0 aromatic heterocycles. The summed E-state index contributed by atoms with van der Waals surface area (Å²) in [5, 5.41) is 8.80. The Morgan fingerprint density at radius 3 is 3.00 bits per heavy atom. The molecule has 2 heteroatoms. The summed E-state index contributed by atoms with van der Waals surface area (Å²) >= 11 is 0. The monoisotopic (exact) mass is 152 g/mol. The Labute approximate surface area is 66.2 Å². The second-order valence-corrected chi connectivity index (χ2v) is 2.83. The van der Waals surface area contributed by atoms with Crippen LogP contribution in [0.5, 0.6) is 0 Å². The molecule has 1 rings (SSSR count). The van der Waals surface area contributed by atoms with Gasteiger partial charge in [0.2, 0.25) is 0 Å². The van der Waals surface area contributed by atoms with Gasteiger partial charge in [-0.2, -0.15) is 0 Å². The zero-order valence-corrected chi connectivity index (χ0v) is 6.58. The van der Waals surface area contributed by atoms with Crippen LogP contribution in [0.25, 0.3) is 0 Å². The predicted molar refractivity (Wildman–Crippen MR) is 43.1 cm³/mol. The molecule has 1 aliphatic carbocycles. The second-order valence-electron chi connectivity index (χ2n) is 2.83. The van der Waals surface area contributed by atoms with Crippen LogP contribution in [-0.4, -0.2) is 17.5 Å². The number of carbonyl (C=O) groups is 1. The molecule has 2 nitrogen and oxygen atoms in total. The normalized spacial score (nSPS) is 19.8.